The quantitative estimate of drug-likeness (QED) is 0.883. The van der Waals surface area contributed by atoms with E-state index in [1.54, 1.807) is 11.3 Å². The monoisotopic (exact) mass is 265 g/mol. The second-order valence-electron chi connectivity index (χ2n) is 5.12. The van der Waals surface area contributed by atoms with E-state index in [1.807, 2.05) is 16.5 Å². The van der Waals surface area contributed by atoms with E-state index in [0.717, 1.165) is 45.3 Å². The van der Waals surface area contributed by atoms with Crippen molar-refractivity contribution in [2.75, 3.05) is 19.6 Å². The van der Waals surface area contributed by atoms with Gasteiger partial charge in [-0.1, -0.05) is 0 Å². The molecule has 3 rings (SSSR count). The fourth-order valence-corrected chi connectivity index (χ4v) is 3.71. The molecular weight excluding hydrogens is 246 g/mol. The fourth-order valence-electron chi connectivity index (χ4n) is 2.90. The van der Waals surface area contributed by atoms with Gasteiger partial charge in [-0.15, -0.1) is 11.3 Å². The van der Waals surface area contributed by atoms with Crippen LogP contribution in [0.3, 0.4) is 0 Å². The Kier molecular flexibility index (Phi) is 3.61. The van der Waals surface area contributed by atoms with E-state index in [4.69, 9.17) is 0 Å². The topological polar surface area (TPSA) is 45.2 Å². The number of thiazole rings is 1. The smallest absolute Gasteiger partial charge is 0.239 e. The second-order valence-corrected chi connectivity index (χ2v) is 6.04. The Labute approximate surface area is 111 Å². The highest BCUT2D eigenvalue weighted by Gasteiger charge is 2.30. The van der Waals surface area contributed by atoms with Gasteiger partial charge in [-0.2, -0.15) is 0 Å². The minimum Gasteiger partial charge on any atom is -0.341 e. The number of aromatic nitrogens is 1. The Balaban J connectivity index is 1.55. The highest BCUT2D eigenvalue weighted by atomic mass is 32.1. The summed E-state index contributed by atoms with van der Waals surface area (Å²) in [5.74, 6) is 0.871. The van der Waals surface area contributed by atoms with Gasteiger partial charge in [-0.05, 0) is 32.2 Å². The van der Waals surface area contributed by atoms with Crippen molar-refractivity contribution in [2.24, 2.45) is 0 Å². The van der Waals surface area contributed by atoms with Gasteiger partial charge < -0.3 is 10.2 Å². The highest BCUT2D eigenvalue weighted by molar-refractivity contribution is 7.09. The van der Waals surface area contributed by atoms with Gasteiger partial charge in [0, 0.05) is 30.6 Å². The van der Waals surface area contributed by atoms with Crippen LogP contribution in [0, 0.1) is 0 Å². The van der Waals surface area contributed by atoms with Crippen molar-refractivity contribution in [1.82, 2.24) is 15.2 Å². The molecule has 0 bridgehead atoms. The zero-order valence-electron chi connectivity index (χ0n) is 10.5. The maximum Gasteiger partial charge on any atom is 0.239 e. The first-order valence-electron chi connectivity index (χ1n) is 6.76. The summed E-state index contributed by atoms with van der Waals surface area (Å²) in [6.07, 6.45) is 6.13. The van der Waals surface area contributed by atoms with Crippen molar-refractivity contribution in [1.29, 1.82) is 0 Å². The lowest BCUT2D eigenvalue weighted by Gasteiger charge is -2.32. The molecule has 0 aromatic carbocycles. The van der Waals surface area contributed by atoms with E-state index in [-0.39, 0.29) is 6.04 Å². The third-order valence-electron chi connectivity index (χ3n) is 3.97. The predicted octanol–water partition coefficient (Wildman–Crippen LogP) is 1.60. The van der Waals surface area contributed by atoms with Crippen molar-refractivity contribution in [3.8, 4) is 0 Å². The minimum atomic E-state index is 0.0846. The number of rotatable bonds is 2. The molecule has 1 amide bonds. The molecule has 2 aliphatic heterocycles. The SMILES string of the molecule is O=C(C1CCCN1)N1CCC(c2nccs2)CC1. The van der Waals surface area contributed by atoms with Gasteiger partial charge in [0.05, 0.1) is 11.0 Å². The van der Waals surface area contributed by atoms with Crippen LogP contribution in [0.1, 0.15) is 36.6 Å². The van der Waals surface area contributed by atoms with Gasteiger partial charge in [-0.25, -0.2) is 4.98 Å². The van der Waals surface area contributed by atoms with E-state index in [2.05, 4.69) is 10.3 Å². The summed E-state index contributed by atoms with van der Waals surface area (Å²) in [7, 11) is 0. The van der Waals surface area contributed by atoms with Gasteiger partial charge in [0.2, 0.25) is 5.91 Å². The van der Waals surface area contributed by atoms with Crippen LogP contribution in [-0.2, 0) is 4.79 Å². The third-order valence-corrected chi connectivity index (χ3v) is 4.90. The summed E-state index contributed by atoms with van der Waals surface area (Å²) < 4.78 is 0. The number of carbonyl (C=O) groups is 1. The minimum absolute atomic E-state index is 0.0846. The summed E-state index contributed by atoms with van der Waals surface area (Å²) in [6.45, 7) is 2.77. The second kappa shape index (κ2) is 5.36. The number of nitrogens with one attached hydrogen (secondary N) is 1. The number of amides is 1. The maximum absolute atomic E-state index is 12.2. The summed E-state index contributed by atoms with van der Waals surface area (Å²) in [4.78, 5) is 18.7. The Morgan fingerprint density at radius 2 is 2.22 bits per heavy atom. The fraction of sp³-hybridized carbons (Fsp3) is 0.692. The highest BCUT2D eigenvalue weighted by Crippen LogP contribution is 2.29. The number of carbonyl (C=O) groups excluding carboxylic acids is 1. The average molecular weight is 265 g/mol. The van der Waals surface area contributed by atoms with Crippen LogP contribution in [0.5, 0.6) is 0 Å². The Morgan fingerprint density at radius 1 is 1.39 bits per heavy atom. The van der Waals surface area contributed by atoms with Crippen LogP contribution in [-0.4, -0.2) is 41.5 Å². The number of hydrogen-bond acceptors (Lipinski definition) is 4. The van der Waals surface area contributed by atoms with E-state index >= 15 is 0 Å². The van der Waals surface area contributed by atoms with Crippen LogP contribution >= 0.6 is 11.3 Å². The molecule has 0 saturated carbocycles. The zero-order chi connectivity index (χ0) is 12.4. The van der Waals surface area contributed by atoms with Crippen molar-refractivity contribution in [3.63, 3.8) is 0 Å². The first-order chi connectivity index (χ1) is 8.84. The van der Waals surface area contributed by atoms with E-state index in [9.17, 15) is 4.79 Å². The summed E-state index contributed by atoms with van der Waals surface area (Å²) in [5.41, 5.74) is 0. The summed E-state index contributed by atoms with van der Waals surface area (Å²) >= 11 is 1.74. The standard InChI is InChI=1S/C13H19N3OS/c17-13(11-2-1-5-14-11)16-7-3-10(4-8-16)12-15-6-9-18-12/h6,9-11,14H,1-5,7-8H2. The first kappa shape index (κ1) is 12.1. The number of piperidine rings is 1. The van der Waals surface area contributed by atoms with Crippen LogP contribution in [0.4, 0.5) is 0 Å². The van der Waals surface area contributed by atoms with Crippen molar-refractivity contribution >= 4 is 17.2 Å². The van der Waals surface area contributed by atoms with E-state index < -0.39 is 0 Å². The lowest BCUT2D eigenvalue weighted by Crippen LogP contribution is -2.46. The Hall–Kier alpha value is -0.940. The van der Waals surface area contributed by atoms with Crippen molar-refractivity contribution in [2.45, 2.75) is 37.6 Å². The van der Waals surface area contributed by atoms with E-state index in [1.165, 1.54) is 5.01 Å². The Bertz CT molecular complexity index is 392. The van der Waals surface area contributed by atoms with Crippen molar-refractivity contribution < 1.29 is 4.79 Å². The molecule has 2 saturated heterocycles. The number of likely N-dealkylation sites (tertiary alicyclic amines) is 1. The van der Waals surface area contributed by atoms with Crippen LogP contribution in [0.25, 0.3) is 0 Å². The molecule has 1 aromatic rings. The molecule has 4 nitrogen and oxygen atoms in total. The predicted molar refractivity (Wildman–Crippen MR) is 71.7 cm³/mol. The lowest BCUT2D eigenvalue weighted by molar-refractivity contribution is -0.134. The largest absolute Gasteiger partial charge is 0.341 e. The average Bonchev–Trinajstić information content (AvgIpc) is 3.11. The van der Waals surface area contributed by atoms with E-state index in [0.29, 0.717) is 11.8 Å². The molecule has 2 aliphatic rings. The molecule has 1 unspecified atom stereocenters. The summed E-state index contributed by atoms with van der Waals surface area (Å²) in [5, 5.41) is 6.57. The van der Waals surface area contributed by atoms with Crippen LogP contribution in [0.2, 0.25) is 0 Å². The molecule has 2 fully saturated rings. The lowest BCUT2D eigenvalue weighted by atomic mass is 9.97. The molecule has 1 N–H and O–H groups in total. The summed E-state index contributed by atoms with van der Waals surface area (Å²) in [6, 6.07) is 0.0846. The number of hydrogen-bond donors (Lipinski definition) is 1. The van der Waals surface area contributed by atoms with Gasteiger partial charge in [0.15, 0.2) is 0 Å². The molecule has 5 heteroatoms. The van der Waals surface area contributed by atoms with Gasteiger partial charge in [0.25, 0.3) is 0 Å². The molecule has 0 spiro atoms. The molecular formula is C13H19N3OS. The maximum atomic E-state index is 12.2. The molecule has 3 heterocycles. The Morgan fingerprint density at radius 3 is 2.83 bits per heavy atom. The molecule has 0 radical (unpaired) electrons. The molecule has 1 aromatic heterocycles. The first-order valence-corrected chi connectivity index (χ1v) is 7.64. The third kappa shape index (κ3) is 2.42. The van der Waals surface area contributed by atoms with Gasteiger partial charge in [-0.3, -0.25) is 4.79 Å². The van der Waals surface area contributed by atoms with Crippen LogP contribution < -0.4 is 5.32 Å². The molecule has 1 atom stereocenters. The van der Waals surface area contributed by atoms with Crippen LogP contribution in [0.15, 0.2) is 11.6 Å². The number of nitrogens with zero attached hydrogens (tertiary/aromatic N) is 2. The normalized spacial score (nSPS) is 25.6. The van der Waals surface area contributed by atoms with Gasteiger partial charge >= 0.3 is 0 Å². The van der Waals surface area contributed by atoms with Crippen molar-refractivity contribution in [3.05, 3.63) is 16.6 Å². The molecule has 98 valence electrons. The molecule has 18 heavy (non-hydrogen) atoms. The van der Waals surface area contributed by atoms with Gasteiger partial charge in [0.1, 0.15) is 0 Å². The zero-order valence-corrected chi connectivity index (χ0v) is 11.3. The molecule has 0 aliphatic carbocycles.